The Labute approximate surface area is 158 Å². The Morgan fingerprint density at radius 2 is 1.85 bits per heavy atom. The molecule has 0 saturated carbocycles. The number of hydrogen-bond donors (Lipinski definition) is 0. The molecule has 2 aromatic carbocycles. The molecule has 1 aliphatic heterocycles. The molecule has 3 rings (SSSR count). The van der Waals surface area contributed by atoms with Crippen LogP contribution in [0.4, 0.5) is 0 Å². The molecular formula is C24H29NO. The van der Waals surface area contributed by atoms with E-state index in [1.165, 1.54) is 28.8 Å². The molecule has 0 spiro atoms. The fourth-order valence-electron chi connectivity index (χ4n) is 2.75. The second-order valence-corrected chi connectivity index (χ2v) is 6.07. The molecule has 2 nitrogen and oxygen atoms in total. The maximum atomic E-state index is 5.20. The van der Waals surface area contributed by atoms with E-state index in [1.54, 1.807) is 13.2 Å². The summed E-state index contributed by atoms with van der Waals surface area (Å²) in [6.45, 7) is 7.93. The largest absolute Gasteiger partial charge is 0.497 e. The summed E-state index contributed by atoms with van der Waals surface area (Å²) < 4.78 is 5.20. The van der Waals surface area contributed by atoms with Gasteiger partial charge in [0.25, 0.3) is 0 Å². The Kier molecular flexibility index (Phi) is 9.61. The minimum atomic E-state index is 0.967. The van der Waals surface area contributed by atoms with Gasteiger partial charge in [0, 0.05) is 13.1 Å². The summed E-state index contributed by atoms with van der Waals surface area (Å²) in [7, 11) is 3.87. The Hall–Kier alpha value is -2.76. The lowest BCUT2D eigenvalue weighted by molar-refractivity contribution is 0.311. The van der Waals surface area contributed by atoms with Crippen LogP contribution in [0.1, 0.15) is 22.3 Å². The van der Waals surface area contributed by atoms with Gasteiger partial charge in [0.15, 0.2) is 0 Å². The highest BCUT2D eigenvalue weighted by Gasteiger charge is 2.12. The molecule has 0 amide bonds. The molecule has 2 aromatic rings. The number of ether oxygens (including phenoxy) is 1. The van der Waals surface area contributed by atoms with Crippen molar-refractivity contribution in [1.29, 1.82) is 0 Å². The van der Waals surface area contributed by atoms with Gasteiger partial charge in [-0.05, 0) is 54.8 Å². The summed E-state index contributed by atoms with van der Waals surface area (Å²) in [5.74, 6) is 0.967. The molecule has 0 radical (unpaired) electrons. The molecule has 0 atom stereocenters. The molecule has 136 valence electrons. The van der Waals surface area contributed by atoms with Crippen LogP contribution in [-0.2, 0) is 13.0 Å². The zero-order valence-electron chi connectivity index (χ0n) is 16.1. The molecule has 0 saturated heterocycles. The highest BCUT2D eigenvalue weighted by molar-refractivity contribution is 5.54. The van der Waals surface area contributed by atoms with E-state index in [1.807, 2.05) is 24.3 Å². The van der Waals surface area contributed by atoms with Crippen LogP contribution in [-0.4, -0.2) is 25.6 Å². The molecule has 0 N–H and O–H groups in total. The summed E-state index contributed by atoms with van der Waals surface area (Å²) >= 11 is 0. The summed E-state index contributed by atoms with van der Waals surface area (Å²) in [6, 6.07) is 14.6. The first-order chi connectivity index (χ1) is 12.6. The lowest BCUT2D eigenvalue weighted by Gasteiger charge is -2.25. The summed E-state index contributed by atoms with van der Waals surface area (Å²) in [4.78, 5) is 2.34. The van der Waals surface area contributed by atoms with Crippen molar-refractivity contribution in [2.75, 3.05) is 20.7 Å². The van der Waals surface area contributed by atoms with Gasteiger partial charge in [0.2, 0.25) is 0 Å². The Morgan fingerprint density at radius 1 is 1.12 bits per heavy atom. The third-order valence-electron chi connectivity index (χ3n) is 4.22. The third kappa shape index (κ3) is 6.63. The second kappa shape index (κ2) is 11.7. The van der Waals surface area contributed by atoms with Gasteiger partial charge >= 0.3 is 0 Å². The van der Waals surface area contributed by atoms with Gasteiger partial charge < -0.3 is 9.64 Å². The van der Waals surface area contributed by atoms with Crippen LogP contribution in [0.15, 0.2) is 61.2 Å². The SMILES string of the molecule is C#C.C=C/C=C\c1ccccc1C.COc1ccc2c(c1)CN(C)CC2. The van der Waals surface area contributed by atoms with E-state index in [-0.39, 0.29) is 0 Å². The third-order valence-corrected chi connectivity index (χ3v) is 4.22. The van der Waals surface area contributed by atoms with Crippen molar-refractivity contribution in [3.05, 3.63) is 83.4 Å². The predicted octanol–water partition coefficient (Wildman–Crippen LogP) is 5.13. The van der Waals surface area contributed by atoms with Crippen molar-refractivity contribution in [2.45, 2.75) is 19.9 Å². The van der Waals surface area contributed by atoms with Crippen molar-refractivity contribution >= 4 is 6.08 Å². The van der Waals surface area contributed by atoms with E-state index < -0.39 is 0 Å². The molecule has 1 heterocycles. The Morgan fingerprint density at radius 3 is 2.50 bits per heavy atom. The molecule has 0 unspecified atom stereocenters. The molecular weight excluding hydrogens is 318 g/mol. The fourth-order valence-corrected chi connectivity index (χ4v) is 2.75. The monoisotopic (exact) mass is 347 g/mol. The van der Waals surface area contributed by atoms with Gasteiger partial charge in [0.05, 0.1) is 7.11 Å². The normalized spacial score (nSPS) is 12.8. The first-order valence-corrected chi connectivity index (χ1v) is 8.66. The van der Waals surface area contributed by atoms with E-state index in [4.69, 9.17) is 4.74 Å². The van der Waals surface area contributed by atoms with Gasteiger partial charge in [-0.15, -0.1) is 12.8 Å². The number of nitrogens with zero attached hydrogens (tertiary/aromatic N) is 1. The van der Waals surface area contributed by atoms with Gasteiger partial charge in [-0.25, -0.2) is 0 Å². The first kappa shape index (κ1) is 21.3. The quantitative estimate of drug-likeness (QED) is 0.564. The van der Waals surface area contributed by atoms with E-state index in [0.29, 0.717) is 0 Å². The maximum Gasteiger partial charge on any atom is 0.119 e. The predicted molar refractivity (Wildman–Crippen MR) is 113 cm³/mol. The number of allylic oxidation sites excluding steroid dienone is 2. The average Bonchev–Trinajstić information content (AvgIpc) is 2.69. The van der Waals surface area contributed by atoms with Crippen molar-refractivity contribution in [1.82, 2.24) is 4.90 Å². The van der Waals surface area contributed by atoms with E-state index in [2.05, 4.69) is 68.6 Å². The molecule has 26 heavy (non-hydrogen) atoms. The van der Waals surface area contributed by atoms with Gasteiger partial charge in [-0.2, -0.15) is 0 Å². The number of terminal acetylenes is 1. The van der Waals surface area contributed by atoms with Crippen molar-refractivity contribution in [3.8, 4) is 18.6 Å². The van der Waals surface area contributed by atoms with Crippen molar-refractivity contribution < 1.29 is 4.74 Å². The number of aryl methyl sites for hydroxylation is 1. The zero-order chi connectivity index (χ0) is 19.4. The topological polar surface area (TPSA) is 12.5 Å². The highest BCUT2D eigenvalue weighted by Crippen LogP contribution is 2.22. The molecule has 0 bridgehead atoms. The standard InChI is InChI=1S/C11H15NO.C11H12.C2H2/c1-12-6-5-9-3-4-11(13-2)7-10(9)8-12;1-3-4-8-11-9-6-5-7-10(11)2;1-2/h3-4,7H,5-6,8H2,1-2H3;3-9H,1H2,2H3;1-2H/b;8-4-;. The number of benzene rings is 2. The van der Waals surface area contributed by atoms with Crippen LogP contribution in [0.25, 0.3) is 6.08 Å². The fraction of sp³-hybridized carbons (Fsp3) is 0.250. The lowest BCUT2D eigenvalue weighted by Crippen LogP contribution is -2.26. The van der Waals surface area contributed by atoms with Gasteiger partial charge in [0.1, 0.15) is 5.75 Å². The number of likely N-dealkylation sites (N-methyl/N-ethyl adjacent to an activating group) is 1. The van der Waals surface area contributed by atoms with Crippen LogP contribution in [0.5, 0.6) is 5.75 Å². The summed E-state index contributed by atoms with van der Waals surface area (Å²) in [5, 5.41) is 0. The van der Waals surface area contributed by atoms with Crippen LogP contribution >= 0.6 is 0 Å². The maximum absolute atomic E-state index is 5.20. The smallest absolute Gasteiger partial charge is 0.119 e. The number of rotatable bonds is 3. The molecule has 0 aliphatic carbocycles. The van der Waals surface area contributed by atoms with Crippen molar-refractivity contribution in [2.24, 2.45) is 0 Å². The van der Waals surface area contributed by atoms with Crippen molar-refractivity contribution in [3.63, 3.8) is 0 Å². The van der Waals surface area contributed by atoms with Gasteiger partial charge in [-0.3, -0.25) is 0 Å². The zero-order valence-corrected chi connectivity index (χ0v) is 16.1. The van der Waals surface area contributed by atoms with Gasteiger partial charge in [-0.1, -0.05) is 55.1 Å². The summed E-state index contributed by atoms with van der Waals surface area (Å²) in [6.07, 6.45) is 15.0. The molecule has 0 fully saturated rings. The highest BCUT2D eigenvalue weighted by atomic mass is 16.5. The molecule has 2 heteroatoms. The minimum absolute atomic E-state index is 0.967. The van der Waals surface area contributed by atoms with E-state index in [0.717, 1.165) is 18.7 Å². The summed E-state index contributed by atoms with van der Waals surface area (Å²) in [5.41, 5.74) is 5.44. The van der Waals surface area contributed by atoms with Crippen LogP contribution < -0.4 is 4.74 Å². The van der Waals surface area contributed by atoms with E-state index >= 15 is 0 Å². The number of methoxy groups -OCH3 is 1. The average molecular weight is 348 g/mol. The number of hydrogen-bond acceptors (Lipinski definition) is 2. The minimum Gasteiger partial charge on any atom is -0.497 e. The van der Waals surface area contributed by atoms with E-state index in [9.17, 15) is 0 Å². The Balaban J connectivity index is 0.000000241. The van der Waals surface area contributed by atoms with Crippen LogP contribution in [0.3, 0.4) is 0 Å². The molecule has 1 aliphatic rings. The lowest BCUT2D eigenvalue weighted by atomic mass is 10.00. The first-order valence-electron chi connectivity index (χ1n) is 8.66. The van der Waals surface area contributed by atoms with Crippen LogP contribution in [0.2, 0.25) is 0 Å². The molecule has 0 aromatic heterocycles. The Bertz CT molecular complexity index is 743. The van der Waals surface area contributed by atoms with Crippen LogP contribution in [0, 0.1) is 19.8 Å². The second-order valence-electron chi connectivity index (χ2n) is 6.07. The number of fused-ring (bicyclic) bond motifs is 1.